The summed E-state index contributed by atoms with van der Waals surface area (Å²) in [5.74, 6) is -1.51. The molecule has 2 amide bonds. The molecule has 0 bridgehead atoms. The highest BCUT2D eigenvalue weighted by Crippen LogP contribution is 2.16. The minimum atomic E-state index is -0.732. The van der Waals surface area contributed by atoms with Crippen LogP contribution >= 0.6 is 15.9 Å². The van der Waals surface area contributed by atoms with Crippen molar-refractivity contribution in [2.45, 2.75) is 0 Å². The molecule has 7 heteroatoms. The Hall–Kier alpha value is -1.76. The predicted octanol–water partition coefficient (Wildman–Crippen LogP) is 1.15. The van der Waals surface area contributed by atoms with Crippen LogP contribution in [0.5, 0.6) is 0 Å². The maximum atomic E-state index is 13.5. The normalized spacial score (nSPS) is 17.2. The topological polar surface area (TPSA) is 61.8 Å². The molecule has 0 radical (unpaired) electrons. The third-order valence-electron chi connectivity index (χ3n) is 2.36. The van der Waals surface area contributed by atoms with E-state index in [1.807, 2.05) is 0 Å². The predicted molar refractivity (Wildman–Crippen MR) is 66.6 cm³/mol. The molecule has 1 aliphatic rings. The lowest BCUT2D eigenvalue weighted by atomic mass is 10.2. The number of aliphatic imine (C=N–C) groups is 1. The number of halogens is 2. The van der Waals surface area contributed by atoms with Crippen molar-refractivity contribution in [1.82, 2.24) is 10.2 Å². The van der Waals surface area contributed by atoms with Gasteiger partial charge in [-0.05, 0) is 18.2 Å². The van der Waals surface area contributed by atoms with Crippen molar-refractivity contribution >= 4 is 33.7 Å². The molecule has 94 valence electrons. The molecule has 1 aromatic rings. The van der Waals surface area contributed by atoms with Crippen LogP contribution in [-0.4, -0.2) is 36.3 Å². The number of hydrogen-bond acceptors (Lipinski definition) is 2. The van der Waals surface area contributed by atoms with Gasteiger partial charge < -0.3 is 4.90 Å². The van der Waals surface area contributed by atoms with Crippen molar-refractivity contribution in [2.24, 2.45) is 4.99 Å². The molecule has 0 spiro atoms. The molecular weight excluding hydrogens is 305 g/mol. The highest BCUT2D eigenvalue weighted by Gasteiger charge is 2.23. The monoisotopic (exact) mass is 313 g/mol. The van der Waals surface area contributed by atoms with Gasteiger partial charge in [0.1, 0.15) is 5.82 Å². The van der Waals surface area contributed by atoms with E-state index in [1.54, 1.807) is 13.1 Å². The van der Waals surface area contributed by atoms with Crippen molar-refractivity contribution in [3.8, 4) is 0 Å². The van der Waals surface area contributed by atoms with E-state index in [0.29, 0.717) is 4.47 Å². The maximum Gasteiger partial charge on any atom is 0.283 e. The standard InChI is InChI=1S/C11H9BrFN3O2/c1-16-5-9(17)14-11(16)15-10(18)7-3-2-6(12)4-8(7)13/h2-4H,5H2,1H3,(H,14,15,17,18). The van der Waals surface area contributed by atoms with Crippen molar-refractivity contribution in [1.29, 1.82) is 0 Å². The summed E-state index contributed by atoms with van der Waals surface area (Å²) in [6.07, 6.45) is 0. The molecule has 1 aliphatic heterocycles. The molecule has 1 fully saturated rings. The van der Waals surface area contributed by atoms with Crippen molar-refractivity contribution in [3.63, 3.8) is 0 Å². The third-order valence-corrected chi connectivity index (χ3v) is 2.86. The fraction of sp³-hybridized carbons (Fsp3) is 0.182. The summed E-state index contributed by atoms with van der Waals surface area (Å²) in [5, 5.41) is 2.42. The average molecular weight is 314 g/mol. The Morgan fingerprint density at radius 2 is 2.28 bits per heavy atom. The Labute approximate surface area is 111 Å². The summed E-state index contributed by atoms with van der Waals surface area (Å²) >= 11 is 3.10. The molecule has 0 aliphatic carbocycles. The molecule has 1 heterocycles. The van der Waals surface area contributed by atoms with Crippen LogP contribution in [0.4, 0.5) is 4.39 Å². The summed E-state index contributed by atoms with van der Waals surface area (Å²) in [6.45, 7) is 0.134. The molecule has 0 unspecified atom stereocenters. The number of rotatable bonds is 1. The molecule has 18 heavy (non-hydrogen) atoms. The van der Waals surface area contributed by atoms with E-state index in [9.17, 15) is 14.0 Å². The fourth-order valence-corrected chi connectivity index (χ4v) is 1.82. The molecular formula is C11H9BrFN3O2. The molecule has 0 saturated carbocycles. The van der Waals surface area contributed by atoms with Gasteiger partial charge >= 0.3 is 0 Å². The molecule has 0 atom stereocenters. The number of benzene rings is 1. The zero-order valence-corrected chi connectivity index (χ0v) is 11.0. The zero-order valence-electron chi connectivity index (χ0n) is 9.41. The summed E-state index contributed by atoms with van der Waals surface area (Å²) in [7, 11) is 1.61. The number of amides is 2. The first-order valence-electron chi connectivity index (χ1n) is 5.06. The molecule has 0 aromatic heterocycles. The number of carbonyl (C=O) groups is 2. The van der Waals surface area contributed by atoms with Gasteiger partial charge in [-0.15, -0.1) is 0 Å². The van der Waals surface area contributed by atoms with E-state index < -0.39 is 11.7 Å². The summed E-state index contributed by atoms with van der Waals surface area (Å²) in [5.41, 5.74) is -0.139. The van der Waals surface area contributed by atoms with Crippen LogP contribution in [0, 0.1) is 5.82 Å². The van der Waals surface area contributed by atoms with Crippen LogP contribution in [0.25, 0.3) is 0 Å². The van der Waals surface area contributed by atoms with Gasteiger partial charge in [0.15, 0.2) is 0 Å². The van der Waals surface area contributed by atoms with Crippen molar-refractivity contribution in [3.05, 3.63) is 34.1 Å². The Morgan fingerprint density at radius 3 is 2.83 bits per heavy atom. The van der Waals surface area contributed by atoms with E-state index in [4.69, 9.17) is 0 Å². The van der Waals surface area contributed by atoms with E-state index in [-0.39, 0.29) is 24.0 Å². The first kappa shape index (κ1) is 12.7. The number of guanidine groups is 1. The minimum absolute atomic E-state index is 0.132. The second-order valence-electron chi connectivity index (χ2n) is 3.77. The number of nitrogens with one attached hydrogen (secondary N) is 1. The van der Waals surface area contributed by atoms with E-state index in [0.717, 1.165) is 0 Å². The fourth-order valence-electron chi connectivity index (χ4n) is 1.48. The van der Waals surface area contributed by atoms with E-state index in [2.05, 4.69) is 26.2 Å². The summed E-state index contributed by atoms with van der Waals surface area (Å²) < 4.78 is 14.1. The lowest BCUT2D eigenvalue weighted by Gasteiger charge is -2.07. The zero-order chi connectivity index (χ0) is 13.3. The number of hydrogen-bond donors (Lipinski definition) is 1. The van der Waals surface area contributed by atoms with Crippen molar-refractivity contribution < 1.29 is 14.0 Å². The maximum absolute atomic E-state index is 13.5. The average Bonchev–Trinajstić information content (AvgIpc) is 2.57. The molecule has 1 N–H and O–H groups in total. The van der Waals surface area contributed by atoms with Gasteiger partial charge in [0.05, 0.1) is 12.1 Å². The van der Waals surface area contributed by atoms with Crippen LogP contribution in [0.3, 0.4) is 0 Å². The Morgan fingerprint density at radius 1 is 1.56 bits per heavy atom. The summed E-state index contributed by atoms with van der Waals surface area (Å²) in [6, 6.07) is 4.07. The molecule has 1 aromatic carbocycles. The van der Waals surface area contributed by atoms with Gasteiger partial charge in [-0.1, -0.05) is 15.9 Å². The van der Waals surface area contributed by atoms with Crippen LogP contribution in [0.1, 0.15) is 10.4 Å². The smallest absolute Gasteiger partial charge is 0.283 e. The van der Waals surface area contributed by atoms with Crippen LogP contribution in [0.2, 0.25) is 0 Å². The number of nitrogens with zero attached hydrogens (tertiary/aromatic N) is 2. The van der Waals surface area contributed by atoms with Crippen LogP contribution < -0.4 is 5.32 Å². The third kappa shape index (κ3) is 2.56. The van der Waals surface area contributed by atoms with Gasteiger partial charge in [0.25, 0.3) is 5.91 Å². The highest BCUT2D eigenvalue weighted by molar-refractivity contribution is 9.10. The first-order valence-corrected chi connectivity index (χ1v) is 5.86. The van der Waals surface area contributed by atoms with Crippen LogP contribution in [-0.2, 0) is 4.79 Å². The molecule has 2 rings (SSSR count). The molecule has 5 nitrogen and oxygen atoms in total. The van der Waals surface area contributed by atoms with Gasteiger partial charge in [0, 0.05) is 11.5 Å². The van der Waals surface area contributed by atoms with Gasteiger partial charge in [-0.2, -0.15) is 4.99 Å². The van der Waals surface area contributed by atoms with Crippen LogP contribution in [0.15, 0.2) is 27.7 Å². The van der Waals surface area contributed by atoms with Gasteiger partial charge in [-0.25, -0.2) is 4.39 Å². The SMILES string of the molecule is CN1CC(=O)NC1=NC(=O)c1ccc(Br)cc1F. The van der Waals surface area contributed by atoms with Gasteiger partial charge in [-0.3, -0.25) is 14.9 Å². The first-order chi connectivity index (χ1) is 8.47. The minimum Gasteiger partial charge on any atom is -0.336 e. The van der Waals surface area contributed by atoms with E-state index in [1.165, 1.54) is 17.0 Å². The Balaban J connectivity index is 2.27. The lowest BCUT2D eigenvalue weighted by Crippen LogP contribution is -2.28. The van der Waals surface area contributed by atoms with Crippen molar-refractivity contribution in [2.75, 3.05) is 13.6 Å². The second kappa shape index (κ2) is 4.85. The Bertz CT molecular complexity index is 559. The summed E-state index contributed by atoms with van der Waals surface area (Å²) in [4.78, 5) is 28.0. The largest absolute Gasteiger partial charge is 0.336 e. The van der Waals surface area contributed by atoms with Gasteiger partial charge in [0.2, 0.25) is 11.9 Å². The quantitative estimate of drug-likeness (QED) is 0.846. The number of carbonyl (C=O) groups excluding carboxylic acids is 2. The Kier molecular flexibility index (Phi) is 3.42. The second-order valence-corrected chi connectivity index (χ2v) is 4.68. The highest BCUT2D eigenvalue weighted by atomic mass is 79.9. The molecule has 1 saturated heterocycles. The lowest BCUT2D eigenvalue weighted by molar-refractivity contribution is -0.118. The van der Waals surface area contributed by atoms with E-state index >= 15 is 0 Å². The number of likely N-dealkylation sites (N-methyl/N-ethyl adjacent to an activating group) is 1.